The largest absolute Gasteiger partial charge is 0.494 e. The number of para-hydroxylation sites is 1. The van der Waals surface area contributed by atoms with Crippen molar-refractivity contribution < 1.29 is 18.7 Å². The van der Waals surface area contributed by atoms with Gasteiger partial charge in [-0.05, 0) is 31.9 Å². The van der Waals surface area contributed by atoms with Crippen LogP contribution in [-0.2, 0) is 11.2 Å². The molecule has 0 N–H and O–H groups in total. The Kier molecular flexibility index (Phi) is 6.74. The maximum absolute atomic E-state index is 12.6. The van der Waals surface area contributed by atoms with Crippen LogP contribution in [-0.4, -0.2) is 36.6 Å². The molecule has 0 bridgehead atoms. The first kappa shape index (κ1) is 20.0. The Hall–Kier alpha value is -2.76. The van der Waals surface area contributed by atoms with Crippen LogP contribution in [0.4, 0.5) is 0 Å². The van der Waals surface area contributed by atoms with Gasteiger partial charge in [-0.25, -0.2) is 4.79 Å². The maximum atomic E-state index is 12.6. The second-order valence-electron chi connectivity index (χ2n) is 6.96. The molecule has 6 nitrogen and oxygen atoms in total. The molecule has 1 aromatic heterocycles. The Balaban J connectivity index is 1.48. The Labute approximate surface area is 165 Å². The third-order valence-electron chi connectivity index (χ3n) is 4.85. The molecule has 2 aromatic rings. The predicted molar refractivity (Wildman–Crippen MR) is 106 cm³/mol. The standard InChI is InChI=1S/C22H27NO5/c1-3-26-20-7-5-4-6-17(20)8-9-21(24)23-12-10-18(11-13-23)28-19-14-16(2)27-22(25)15-19/h4-7,14-15,18H,3,8-13H2,1-2H3. The smallest absolute Gasteiger partial charge is 0.339 e. The van der Waals surface area contributed by atoms with E-state index in [2.05, 4.69) is 0 Å². The van der Waals surface area contributed by atoms with Gasteiger partial charge >= 0.3 is 5.63 Å². The fraction of sp³-hybridized carbons (Fsp3) is 0.455. The lowest BCUT2D eigenvalue weighted by molar-refractivity contribution is -0.132. The van der Waals surface area contributed by atoms with Gasteiger partial charge < -0.3 is 18.8 Å². The molecule has 0 saturated carbocycles. The molecule has 0 aliphatic carbocycles. The zero-order valence-electron chi connectivity index (χ0n) is 16.5. The zero-order chi connectivity index (χ0) is 19.9. The first-order valence-electron chi connectivity index (χ1n) is 9.82. The summed E-state index contributed by atoms with van der Waals surface area (Å²) in [7, 11) is 0. The van der Waals surface area contributed by atoms with Crippen molar-refractivity contribution in [2.45, 2.75) is 45.6 Å². The van der Waals surface area contributed by atoms with E-state index in [1.54, 1.807) is 13.0 Å². The zero-order valence-corrected chi connectivity index (χ0v) is 16.5. The van der Waals surface area contributed by atoms with Crippen LogP contribution in [0.5, 0.6) is 11.5 Å². The Bertz CT molecular complexity index is 852. The van der Waals surface area contributed by atoms with E-state index < -0.39 is 5.63 Å². The number of carbonyl (C=O) groups is 1. The van der Waals surface area contributed by atoms with Crippen LogP contribution in [0.2, 0.25) is 0 Å². The van der Waals surface area contributed by atoms with Gasteiger partial charge in [0.1, 0.15) is 23.4 Å². The van der Waals surface area contributed by atoms with Crippen LogP contribution < -0.4 is 15.1 Å². The van der Waals surface area contributed by atoms with Gasteiger partial charge in [-0.3, -0.25) is 4.79 Å². The van der Waals surface area contributed by atoms with Crippen LogP contribution in [0.15, 0.2) is 45.6 Å². The van der Waals surface area contributed by atoms with Crippen molar-refractivity contribution in [1.29, 1.82) is 0 Å². The van der Waals surface area contributed by atoms with Gasteiger partial charge in [-0.2, -0.15) is 0 Å². The van der Waals surface area contributed by atoms with E-state index >= 15 is 0 Å². The van der Waals surface area contributed by atoms with Crippen molar-refractivity contribution in [3.8, 4) is 11.5 Å². The first-order valence-corrected chi connectivity index (χ1v) is 9.82. The number of amides is 1. The van der Waals surface area contributed by atoms with Gasteiger partial charge in [0.15, 0.2) is 0 Å². The summed E-state index contributed by atoms with van der Waals surface area (Å²) in [4.78, 5) is 25.9. The Morgan fingerprint density at radius 1 is 1.21 bits per heavy atom. The minimum Gasteiger partial charge on any atom is -0.494 e. The van der Waals surface area contributed by atoms with E-state index in [0.717, 1.165) is 24.2 Å². The fourth-order valence-electron chi connectivity index (χ4n) is 3.47. The van der Waals surface area contributed by atoms with E-state index in [-0.39, 0.29) is 12.0 Å². The summed E-state index contributed by atoms with van der Waals surface area (Å²) in [6.07, 6.45) is 2.64. The van der Waals surface area contributed by atoms with Crippen molar-refractivity contribution in [2.75, 3.05) is 19.7 Å². The Morgan fingerprint density at radius 3 is 2.68 bits per heavy atom. The van der Waals surface area contributed by atoms with Gasteiger partial charge in [0.05, 0.1) is 12.7 Å². The third kappa shape index (κ3) is 5.38. The molecule has 1 fully saturated rings. The normalized spacial score (nSPS) is 14.7. The highest BCUT2D eigenvalue weighted by molar-refractivity contribution is 5.76. The molecule has 0 radical (unpaired) electrons. The highest BCUT2D eigenvalue weighted by atomic mass is 16.5. The lowest BCUT2D eigenvalue weighted by Gasteiger charge is -2.32. The molecule has 1 aromatic carbocycles. The van der Waals surface area contributed by atoms with Crippen LogP contribution in [0.1, 0.15) is 37.5 Å². The van der Waals surface area contributed by atoms with Crippen molar-refractivity contribution in [3.05, 3.63) is 58.1 Å². The first-order chi connectivity index (χ1) is 13.5. The molecule has 28 heavy (non-hydrogen) atoms. The number of hydrogen-bond acceptors (Lipinski definition) is 5. The van der Waals surface area contributed by atoms with Crippen molar-refractivity contribution >= 4 is 5.91 Å². The number of nitrogens with zero attached hydrogens (tertiary/aromatic N) is 1. The number of hydrogen-bond donors (Lipinski definition) is 0. The summed E-state index contributed by atoms with van der Waals surface area (Å²) < 4.78 is 16.5. The fourth-order valence-corrected chi connectivity index (χ4v) is 3.47. The monoisotopic (exact) mass is 385 g/mol. The van der Waals surface area contributed by atoms with Gasteiger partial charge in [-0.1, -0.05) is 18.2 Å². The SMILES string of the molecule is CCOc1ccccc1CCC(=O)N1CCC(Oc2cc(C)oc(=O)c2)CC1. The topological polar surface area (TPSA) is 69.0 Å². The number of rotatable bonds is 7. The number of aryl methyl sites for hydroxylation is 2. The van der Waals surface area contributed by atoms with Crippen molar-refractivity contribution in [1.82, 2.24) is 4.90 Å². The quantitative estimate of drug-likeness (QED) is 0.731. The minimum atomic E-state index is -0.407. The van der Waals surface area contributed by atoms with E-state index in [1.165, 1.54) is 6.07 Å². The number of benzene rings is 1. The summed E-state index contributed by atoms with van der Waals surface area (Å²) in [5.74, 6) is 2.07. The lowest BCUT2D eigenvalue weighted by Crippen LogP contribution is -2.41. The van der Waals surface area contributed by atoms with E-state index in [4.69, 9.17) is 13.9 Å². The van der Waals surface area contributed by atoms with E-state index in [1.807, 2.05) is 36.1 Å². The van der Waals surface area contributed by atoms with E-state index in [0.29, 0.717) is 44.0 Å². The average Bonchev–Trinajstić information content (AvgIpc) is 2.67. The number of ether oxygens (including phenoxy) is 2. The van der Waals surface area contributed by atoms with Crippen LogP contribution >= 0.6 is 0 Å². The molecule has 0 spiro atoms. The van der Waals surface area contributed by atoms with Gasteiger partial charge in [0.25, 0.3) is 0 Å². The van der Waals surface area contributed by atoms with Gasteiger partial charge in [-0.15, -0.1) is 0 Å². The molecule has 2 heterocycles. The summed E-state index contributed by atoms with van der Waals surface area (Å²) in [5.41, 5.74) is 0.657. The second kappa shape index (κ2) is 9.44. The predicted octanol–water partition coefficient (Wildman–Crippen LogP) is 3.35. The molecule has 6 heteroatoms. The van der Waals surface area contributed by atoms with Crippen molar-refractivity contribution in [3.63, 3.8) is 0 Å². The van der Waals surface area contributed by atoms with Gasteiger partial charge in [0.2, 0.25) is 5.91 Å². The average molecular weight is 385 g/mol. The molecule has 1 amide bonds. The molecule has 150 valence electrons. The Morgan fingerprint density at radius 2 is 1.96 bits per heavy atom. The van der Waals surface area contributed by atoms with Crippen LogP contribution in [0, 0.1) is 6.92 Å². The molecular formula is C22H27NO5. The number of piperidine rings is 1. The van der Waals surface area contributed by atoms with E-state index in [9.17, 15) is 9.59 Å². The molecule has 1 aliphatic rings. The summed E-state index contributed by atoms with van der Waals surface area (Å²) >= 11 is 0. The number of likely N-dealkylation sites (tertiary alicyclic amines) is 1. The third-order valence-corrected chi connectivity index (χ3v) is 4.85. The molecule has 1 saturated heterocycles. The highest BCUT2D eigenvalue weighted by Crippen LogP contribution is 2.22. The summed E-state index contributed by atoms with van der Waals surface area (Å²) in [6, 6.07) is 10.9. The van der Waals surface area contributed by atoms with Gasteiger partial charge in [0, 0.05) is 38.4 Å². The maximum Gasteiger partial charge on any atom is 0.339 e. The van der Waals surface area contributed by atoms with Crippen LogP contribution in [0.25, 0.3) is 0 Å². The highest BCUT2D eigenvalue weighted by Gasteiger charge is 2.24. The minimum absolute atomic E-state index is 0.00364. The molecule has 3 rings (SSSR count). The lowest BCUT2D eigenvalue weighted by atomic mass is 10.0. The van der Waals surface area contributed by atoms with Crippen LogP contribution in [0.3, 0.4) is 0 Å². The molecular weight excluding hydrogens is 358 g/mol. The number of carbonyl (C=O) groups excluding carboxylic acids is 1. The van der Waals surface area contributed by atoms with Crippen molar-refractivity contribution in [2.24, 2.45) is 0 Å². The molecule has 0 unspecified atom stereocenters. The summed E-state index contributed by atoms with van der Waals surface area (Å²) in [5, 5.41) is 0. The molecule has 0 atom stereocenters. The second-order valence-corrected chi connectivity index (χ2v) is 6.96. The molecule has 1 aliphatic heterocycles. The summed E-state index contributed by atoms with van der Waals surface area (Å²) in [6.45, 7) is 5.62.